The maximum Gasteiger partial charge on any atom is 0.319 e. The molecule has 1 N–H and O–H groups in total. The maximum atomic E-state index is 11.8. The molecule has 1 atom stereocenters. The smallest absolute Gasteiger partial charge is 0.319 e. The van der Waals surface area contributed by atoms with Gasteiger partial charge in [0, 0.05) is 24.7 Å². The summed E-state index contributed by atoms with van der Waals surface area (Å²) in [6.07, 6.45) is 1.54. The molecule has 0 saturated carbocycles. The normalized spacial score (nSPS) is 16.3. The zero-order chi connectivity index (χ0) is 14.5. The summed E-state index contributed by atoms with van der Waals surface area (Å²) in [4.78, 5) is 24.7. The third-order valence-electron chi connectivity index (χ3n) is 3.54. The molecule has 1 aliphatic heterocycles. The average molecular weight is 276 g/mol. The molecule has 1 unspecified atom stereocenters. The third-order valence-corrected chi connectivity index (χ3v) is 3.54. The van der Waals surface area contributed by atoms with E-state index in [1.165, 1.54) is 7.11 Å². The lowest BCUT2D eigenvalue weighted by Gasteiger charge is -2.19. The lowest BCUT2D eigenvalue weighted by Crippen LogP contribution is -2.27. The van der Waals surface area contributed by atoms with Crippen molar-refractivity contribution < 1.29 is 14.3 Å². The Balaban J connectivity index is 2.05. The van der Waals surface area contributed by atoms with Crippen molar-refractivity contribution >= 4 is 17.6 Å². The molecule has 1 amide bonds. The van der Waals surface area contributed by atoms with E-state index in [1.807, 2.05) is 36.1 Å². The van der Waals surface area contributed by atoms with Gasteiger partial charge in [0.25, 0.3) is 0 Å². The number of hydrogen-bond acceptors (Lipinski definition) is 4. The molecule has 2 rings (SSSR count). The number of rotatable bonds is 5. The van der Waals surface area contributed by atoms with Gasteiger partial charge in [0.1, 0.15) is 0 Å². The van der Waals surface area contributed by atoms with Crippen LogP contribution in [-0.4, -0.2) is 32.1 Å². The van der Waals surface area contributed by atoms with E-state index >= 15 is 0 Å². The highest BCUT2D eigenvalue weighted by molar-refractivity contribution is 5.95. The molecule has 1 aromatic carbocycles. The summed E-state index contributed by atoms with van der Waals surface area (Å²) in [5.41, 5.74) is 1.97. The Bertz CT molecular complexity index is 502. The van der Waals surface area contributed by atoms with Crippen molar-refractivity contribution in [3.63, 3.8) is 0 Å². The van der Waals surface area contributed by atoms with Crippen LogP contribution in [0.25, 0.3) is 0 Å². The van der Waals surface area contributed by atoms with Gasteiger partial charge in [-0.05, 0) is 31.0 Å². The lowest BCUT2D eigenvalue weighted by molar-refractivity contribution is -0.139. The summed E-state index contributed by atoms with van der Waals surface area (Å²) in [5.74, 6) is -0.111. The summed E-state index contributed by atoms with van der Waals surface area (Å²) in [6.45, 7) is 2.94. The first-order chi connectivity index (χ1) is 9.61. The number of ether oxygens (including phenoxy) is 1. The van der Waals surface area contributed by atoms with Crippen LogP contribution in [0, 0.1) is 0 Å². The van der Waals surface area contributed by atoms with Crippen molar-refractivity contribution in [1.29, 1.82) is 0 Å². The second-order valence-corrected chi connectivity index (χ2v) is 4.92. The van der Waals surface area contributed by atoms with Crippen LogP contribution in [0.2, 0.25) is 0 Å². The summed E-state index contributed by atoms with van der Waals surface area (Å²) in [7, 11) is 1.37. The first kappa shape index (κ1) is 14.5. The van der Waals surface area contributed by atoms with Gasteiger partial charge < -0.3 is 15.0 Å². The Morgan fingerprint density at radius 3 is 2.95 bits per heavy atom. The third kappa shape index (κ3) is 3.36. The van der Waals surface area contributed by atoms with Gasteiger partial charge in [-0.25, -0.2) is 0 Å². The Labute approximate surface area is 118 Å². The molecule has 1 heterocycles. The number of amides is 1. The molecule has 0 bridgehead atoms. The van der Waals surface area contributed by atoms with E-state index < -0.39 is 0 Å². The van der Waals surface area contributed by atoms with E-state index in [-0.39, 0.29) is 24.5 Å². The Kier molecular flexibility index (Phi) is 4.74. The summed E-state index contributed by atoms with van der Waals surface area (Å²) in [6, 6.07) is 7.88. The zero-order valence-corrected chi connectivity index (χ0v) is 11.9. The van der Waals surface area contributed by atoms with E-state index in [2.05, 4.69) is 10.1 Å². The molecular weight excluding hydrogens is 256 g/mol. The molecule has 5 nitrogen and oxygen atoms in total. The highest BCUT2D eigenvalue weighted by atomic mass is 16.5. The number of esters is 1. The van der Waals surface area contributed by atoms with Crippen LogP contribution in [0.15, 0.2) is 24.3 Å². The zero-order valence-electron chi connectivity index (χ0n) is 11.9. The summed E-state index contributed by atoms with van der Waals surface area (Å²) in [5, 5.41) is 3.10. The van der Waals surface area contributed by atoms with E-state index in [1.54, 1.807) is 0 Å². The number of carbonyl (C=O) groups is 2. The van der Waals surface area contributed by atoms with Gasteiger partial charge in [-0.1, -0.05) is 12.1 Å². The number of nitrogens with one attached hydrogen (secondary N) is 1. The molecule has 108 valence electrons. The first-order valence-electron chi connectivity index (χ1n) is 6.82. The highest BCUT2D eigenvalue weighted by Gasteiger charge is 2.22. The van der Waals surface area contributed by atoms with Crippen molar-refractivity contribution in [2.75, 3.05) is 25.1 Å². The van der Waals surface area contributed by atoms with Crippen molar-refractivity contribution in [1.82, 2.24) is 5.32 Å². The quantitative estimate of drug-likeness (QED) is 0.831. The van der Waals surface area contributed by atoms with Gasteiger partial charge in [-0.2, -0.15) is 0 Å². The van der Waals surface area contributed by atoms with Gasteiger partial charge in [0.05, 0.1) is 13.7 Å². The van der Waals surface area contributed by atoms with Crippen LogP contribution in [0.3, 0.4) is 0 Å². The molecule has 1 saturated heterocycles. The minimum Gasteiger partial charge on any atom is -0.468 e. The largest absolute Gasteiger partial charge is 0.468 e. The second kappa shape index (κ2) is 6.52. The van der Waals surface area contributed by atoms with E-state index in [0.717, 1.165) is 24.2 Å². The van der Waals surface area contributed by atoms with Gasteiger partial charge >= 0.3 is 5.97 Å². The van der Waals surface area contributed by atoms with Crippen LogP contribution in [0.1, 0.15) is 31.4 Å². The fourth-order valence-corrected chi connectivity index (χ4v) is 2.31. The van der Waals surface area contributed by atoms with Crippen molar-refractivity contribution in [3.8, 4) is 0 Å². The summed E-state index contributed by atoms with van der Waals surface area (Å²) >= 11 is 0. The predicted molar refractivity (Wildman–Crippen MR) is 76.5 cm³/mol. The predicted octanol–water partition coefficient (Wildman–Crippen LogP) is 1.64. The molecule has 0 radical (unpaired) electrons. The van der Waals surface area contributed by atoms with Gasteiger partial charge in [0.2, 0.25) is 5.91 Å². The topological polar surface area (TPSA) is 58.6 Å². The van der Waals surface area contributed by atoms with E-state index in [9.17, 15) is 9.59 Å². The number of nitrogens with zero attached hydrogens (tertiary/aromatic N) is 1. The SMILES string of the molecule is COC(=O)CNC(C)c1cccc(N2CCCC2=O)c1. The number of anilines is 1. The van der Waals surface area contributed by atoms with Crippen LogP contribution in [-0.2, 0) is 14.3 Å². The number of carbonyl (C=O) groups excluding carboxylic acids is 2. The maximum absolute atomic E-state index is 11.8. The molecule has 1 aliphatic rings. The monoisotopic (exact) mass is 276 g/mol. The Morgan fingerprint density at radius 1 is 1.50 bits per heavy atom. The van der Waals surface area contributed by atoms with Crippen LogP contribution in [0.4, 0.5) is 5.69 Å². The van der Waals surface area contributed by atoms with E-state index in [4.69, 9.17) is 0 Å². The molecule has 1 fully saturated rings. The molecular formula is C15H20N2O3. The van der Waals surface area contributed by atoms with Crippen LogP contribution < -0.4 is 10.2 Å². The van der Waals surface area contributed by atoms with Crippen molar-refractivity contribution in [2.45, 2.75) is 25.8 Å². The molecule has 0 aromatic heterocycles. The molecule has 0 spiro atoms. The molecule has 1 aromatic rings. The minimum absolute atomic E-state index is 0.0201. The molecule has 5 heteroatoms. The van der Waals surface area contributed by atoms with Gasteiger partial charge in [0.15, 0.2) is 0 Å². The Hall–Kier alpha value is -1.88. The molecule has 20 heavy (non-hydrogen) atoms. The number of methoxy groups -OCH3 is 1. The van der Waals surface area contributed by atoms with Gasteiger partial charge in [-0.15, -0.1) is 0 Å². The second-order valence-electron chi connectivity index (χ2n) is 4.92. The van der Waals surface area contributed by atoms with Crippen LogP contribution >= 0.6 is 0 Å². The standard InChI is InChI=1S/C15H20N2O3/c1-11(16-10-15(19)20-2)12-5-3-6-13(9-12)17-8-4-7-14(17)18/h3,5-6,9,11,16H,4,7-8,10H2,1-2H3. The van der Waals surface area contributed by atoms with Crippen molar-refractivity contribution in [2.24, 2.45) is 0 Å². The van der Waals surface area contributed by atoms with Gasteiger partial charge in [-0.3, -0.25) is 9.59 Å². The van der Waals surface area contributed by atoms with E-state index in [0.29, 0.717) is 6.42 Å². The minimum atomic E-state index is -0.289. The highest BCUT2D eigenvalue weighted by Crippen LogP contribution is 2.24. The summed E-state index contributed by atoms with van der Waals surface area (Å²) < 4.78 is 4.60. The van der Waals surface area contributed by atoms with Crippen LogP contribution in [0.5, 0.6) is 0 Å². The molecule has 0 aliphatic carbocycles. The number of benzene rings is 1. The fraction of sp³-hybridized carbons (Fsp3) is 0.467. The fourth-order valence-electron chi connectivity index (χ4n) is 2.31. The van der Waals surface area contributed by atoms with Crippen molar-refractivity contribution in [3.05, 3.63) is 29.8 Å². The average Bonchev–Trinajstić information content (AvgIpc) is 2.90. The lowest BCUT2D eigenvalue weighted by atomic mass is 10.1. The first-order valence-corrected chi connectivity index (χ1v) is 6.82. The Morgan fingerprint density at radius 2 is 2.30 bits per heavy atom. The number of hydrogen-bond donors (Lipinski definition) is 1.